The van der Waals surface area contributed by atoms with Crippen LogP contribution in [-0.2, 0) is 4.79 Å². The molecule has 2 N–H and O–H groups in total. The molecule has 8 heteroatoms. The molecule has 8 nitrogen and oxygen atoms in total. The molecule has 4 bridgehead atoms. The molecule has 0 saturated heterocycles. The Morgan fingerprint density at radius 1 is 1.18 bits per heavy atom. The molecular weight excluding hydrogens is 362 g/mol. The number of urea groups is 1. The fourth-order valence-electron chi connectivity index (χ4n) is 5.80. The van der Waals surface area contributed by atoms with Crippen molar-refractivity contribution in [3.05, 3.63) is 33.9 Å². The highest BCUT2D eigenvalue weighted by Gasteiger charge is 2.51. The van der Waals surface area contributed by atoms with Gasteiger partial charge in [-0.3, -0.25) is 20.2 Å². The Labute approximate surface area is 163 Å². The lowest BCUT2D eigenvalue weighted by molar-refractivity contribution is -0.385. The van der Waals surface area contributed by atoms with Gasteiger partial charge in [-0.1, -0.05) is 6.07 Å². The lowest BCUT2D eigenvalue weighted by Crippen LogP contribution is -2.62. The van der Waals surface area contributed by atoms with Gasteiger partial charge in [-0.2, -0.15) is 0 Å². The van der Waals surface area contributed by atoms with Crippen molar-refractivity contribution in [2.45, 2.75) is 51.0 Å². The molecule has 1 aromatic carbocycles. The van der Waals surface area contributed by atoms with E-state index >= 15 is 0 Å². The van der Waals surface area contributed by atoms with E-state index in [0.717, 1.165) is 19.3 Å². The third-order valence-corrected chi connectivity index (χ3v) is 6.48. The summed E-state index contributed by atoms with van der Waals surface area (Å²) in [7, 11) is 0. The minimum atomic E-state index is -0.576. The maximum atomic E-state index is 12.4. The number of rotatable bonds is 5. The Morgan fingerprint density at radius 2 is 1.79 bits per heavy atom. The summed E-state index contributed by atoms with van der Waals surface area (Å²) in [4.78, 5) is 35.0. The predicted octanol–water partition coefficient (Wildman–Crippen LogP) is 3.08. The van der Waals surface area contributed by atoms with Gasteiger partial charge in [-0.15, -0.1) is 0 Å². The molecule has 5 rings (SSSR count). The smallest absolute Gasteiger partial charge is 0.321 e. The molecule has 150 valence electrons. The average Bonchev–Trinajstić information content (AvgIpc) is 2.58. The zero-order valence-corrected chi connectivity index (χ0v) is 15.9. The third kappa shape index (κ3) is 3.68. The van der Waals surface area contributed by atoms with Gasteiger partial charge in [0.2, 0.25) is 0 Å². The van der Waals surface area contributed by atoms with E-state index in [4.69, 9.17) is 4.74 Å². The first-order valence-corrected chi connectivity index (χ1v) is 9.82. The number of hydrogen-bond donors (Lipinski definition) is 2. The van der Waals surface area contributed by atoms with E-state index in [0.29, 0.717) is 23.3 Å². The number of nitrogens with zero attached hydrogens (tertiary/aromatic N) is 1. The summed E-state index contributed by atoms with van der Waals surface area (Å²) in [5.74, 6) is 1.77. The van der Waals surface area contributed by atoms with Crippen molar-refractivity contribution in [3.63, 3.8) is 0 Å². The molecule has 0 heterocycles. The Kier molecular flexibility index (Phi) is 4.72. The summed E-state index contributed by atoms with van der Waals surface area (Å²) in [5, 5.41) is 16.4. The highest BCUT2D eigenvalue weighted by Crippen LogP contribution is 2.55. The molecule has 0 radical (unpaired) electrons. The zero-order valence-electron chi connectivity index (χ0n) is 15.9. The largest absolute Gasteiger partial charge is 0.483 e. The molecule has 4 aliphatic rings. The van der Waals surface area contributed by atoms with Crippen molar-refractivity contribution in [1.82, 2.24) is 10.6 Å². The van der Waals surface area contributed by atoms with Gasteiger partial charge in [0, 0.05) is 11.6 Å². The normalized spacial score (nSPS) is 30.0. The lowest BCUT2D eigenvalue weighted by atomic mass is 9.53. The number of imide groups is 1. The number of ether oxygens (including phenoxy) is 1. The SMILES string of the molecule is Cc1c(OCC(=O)NC(=O)NC23CC4CC(CC(C4)C2)C3)cccc1[N+](=O)[O-]. The Bertz CT molecular complexity index is 787. The van der Waals surface area contributed by atoms with Gasteiger partial charge in [0.15, 0.2) is 6.61 Å². The zero-order chi connectivity index (χ0) is 19.9. The first-order chi connectivity index (χ1) is 13.3. The van der Waals surface area contributed by atoms with E-state index in [2.05, 4.69) is 10.6 Å². The molecule has 4 saturated carbocycles. The fraction of sp³-hybridized carbons (Fsp3) is 0.600. The fourth-order valence-corrected chi connectivity index (χ4v) is 5.80. The van der Waals surface area contributed by atoms with Crippen LogP contribution in [0.25, 0.3) is 0 Å². The van der Waals surface area contributed by atoms with Crippen LogP contribution in [0.3, 0.4) is 0 Å². The average molecular weight is 387 g/mol. The highest BCUT2D eigenvalue weighted by atomic mass is 16.6. The van der Waals surface area contributed by atoms with E-state index < -0.39 is 16.9 Å². The van der Waals surface area contributed by atoms with E-state index in [1.54, 1.807) is 13.0 Å². The lowest BCUT2D eigenvalue weighted by Gasteiger charge is -2.56. The molecule has 0 spiro atoms. The summed E-state index contributed by atoms with van der Waals surface area (Å²) in [6, 6.07) is 3.95. The summed E-state index contributed by atoms with van der Waals surface area (Å²) >= 11 is 0. The molecule has 28 heavy (non-hydrogen) atoms. The van der Waals surface area contributed by atoms with E-state index in [-0.39, 0.29) is 23.6 Å². The van der Waals surface area contributed by atoms with Crippen molar-refractivity contribution in [3.8, 4) is 5.75 Å². The third-order valence-electron chi connectivity index (χ3n) is 6.48. The van der Waals surface area contributed by atoms with Crippen molar-refractivity contribution in [1.29, 1.82) is 0 Å². The van der Waals surface area contributed by atoms with Gasteiger partial charge in [-0.05, 0) is 69.3 Å². The first-order valence-electron chi connectivity index (χ1n) is 9.82. The number of carbonyl (C=O) groups excluding carboxylic acids is 2. The summed E-state index contributed by atoms with van der Waals surface area (Å²) < 4.78 is 5.39. The number of amides is 3. The number of benzene rings is 1. The maximum Gasteiger partial charge on any atom is 0.321 e. The molecule has 0 unspecified atom stereocenters. The number of nitro benzene ring substituents is 1. The monoisotopic (exact) mass is 387 g/mol. The molecule has 1 aromatic rings. The second-order valence-electron chi connectivity index (χ2n) is 8.65. The van der Waals surface area contributed by atoms with E-state index in [1.807, 2.05) is 0 Å². The van der Waals surface area contributed by atoms with Crippen molar-refractivity contribution < 1.29 is 19.2 Å². The molecule has 4 fully saturated rings. The predicted molar refractivity (Wildman–Crippen MR) is 101 cm³/mol. The minimum absolute atomic E-state index is 0.0718. The Balaban J connectivity index is 1.30. The molecule has 0 atom stereocenters. The summed E-state index contributed by atoms with van der Waals surface area (Å²) in [6.07, 6.45) is 6.84. The molecule has 0 aliphatic heterocycles. The van der Waals surface area contributed by atoms with Crippen molar-refractivity contribution >= 4 is 17.6 Å². The summed E-state index contributed by atoms with van der Waals surface area (Å²) in [6.45, 7) is 1.18. The topological polar surface area (TPSA) is 111 Å². The Morgan fingerprint density at radius 3 is 2.36 bits per heavy atom. The van der Waals surface area contributed by atoms with Gasteiger partial charge in [0.25, 0.3) is 11.6 Å². The number of hydrogen-bond acceptors (Lipinski definition) is 5. The first kappa shape index (κ1) is 18.7. The summed E-state index contributed by atoms with van der Waals surface area (Å²) in [5.41, 5.74) is 0.104. The number of nitro groups is 1. The molecular formula is C20H25N3O5. The highest BCUT2D eigenvalue weighted by molar-refractivity contribution is 5.95. The minimum Gasteiger partial charge on any atom is -0.483 e. The van der Waals surface area contributed by atoms with Crippen molar-refractivity contribution in [2.24, 2.45) is 17.8 Å². The number of nitrogens with one attached hydrogen (secondary N) is 2. The van der Waals surface area contributed by atoms with Crippen LogP contribution in [0.15, 0.2) is 18.2 Å². The molecule has 3 amide bonds. The maximum absolute atomic E-state index is 12.4. The Hall–Kier alpha value is -2.64. The van der Waals surface area contributed by atoms with E-state index in [1.165, 1.54) is 31.4 Å². The van der Waals surface area contributed by atoms with Crippen molar-refractivity contribution in [2.75, 3.05) is 6.61 Å². The van der Waals surface area contributed by atoms with Crippen LogP contribution in [0.4, 0.5) is 10.5 Å². The van der Waals surface area contributed by atoms with Crippen LogP contribution < -0.4 is 15.4 Å². The van der Waals surface area contributed by atoms with Gasteiger partial charge < -0.3 is 10.1 Å². The molecule has 0 aromatic heterocycles. The molecule has 4 aliphatic carbocycles. The standard InChI is InChI=1S/C20H25N3O5/c1-12-16(23(26)27)3-2-4-17(12)28-11-18(24)21-19(25)22-20-8-13-5-14(9-20)7-15(6-13)10-20/h2-4,13-15H,5-11H2,1H3,(H2,21,22,24,25). The van der Waals surface area contributed by atoms with Gasteiger partial charge in [0.05, 0.1) is 10.5 Å². The van der Waals surface area contributed by atoms with Gasteiger partial charge in [0.1, 0.15) is 5.75 Å². The second-order valence-corrected chi connectivity index (χ2v) is 8.65. The van der Waals surface area contributed by atoms with Crippen LogP contribution in [0.5, 0.6) is 5.75 Å². The van der Waals surface area contributed by atoms with Crippen LogP contribution in [-0.4, -0.2) is 29.0 Å². The number of carbonyl (C=O) groups is 2. The van der Waals surface area contributed by atoms with Crippen LogP contribution in [0.2, 0.25) is 0 Å². The van der Waals surface area contributed by atoms with Crippen LogP contribution in [0.1, 0.15) is 44.1 Å². The van der Waals surface area contributed by atoms with Gasteiger partial charge >= 0.3 is 6.03 Å². The van der Waals surface area contributed by atoms with Crippen LogP contribution >= 0.6 is 0 Å². The quantitative estimate of drug-likeness (QED) is 0.596. The van der Waals surface area contributed by atoms with E-state index in [9.17, 15) is 19.7 Å². The second kappa shape index (κ2) is 7.07. The van der Waals surface area contributed by atoms with Crippen LogP contribution in [0, 0.1) is 34.8 Å². The van der Waals surface area contributed by atoms with Gasteiger partial charge in [-0.25, -0.2) is 4.79 Å².